The van der Waals surface area contributed by atoms with Gasteiger partial charge in [-0.15, -0.1) is 0 Å². The van der Waals surface area contributed by atoms with Gasteiger partial charge in [0.25, 0.3) is 0 Å². The molecule has 15 heavy (non-hydrogen) atoms. The second-order valence-electron chi connectivity index (χ2n) is 2.92. The zero-order valence-electron chi connectivity index (χ0n) is 8.38. The van der Waals surface area contributed by atoms with Gasteiger partial charge in [-0.3, -0.25) is 9.88 Å². The highest BCUT2D eigenvalue weighted by molar-refractivity contribution is 5.67. The highest BCUT2D eigenvalue weighted by Gasteiger charge is 2.08. The molecule has 1 aromatic heterocycles. The number of nitrogens with zero attached hydrogens (tertiary/aromatic N) is 3. The zero-order chi connectivity index (χ0) is 11.1. The standard InChI is InChI=1S/C10H11N3O2/c1-13(7-4-11)10(14)15-8-9-2-5-12-6-3-9/h2-3,5-6H,7-8H2,1H3. The van der Waals surface area contributed by atoms with Crippen LogP contribution in [-0.4, -0.2) is 29.6 Å². The van der Waals surface area contributed by atoms with E-state index in [2.05, 4.69) is 4.98 Å². The summed E-state index contributed by atoms with van der Waals surface area (Å²) in [5, 5.41) is 8.36. The van der Waals surface area contributed by atoms with Gasteiger partial charge in [0.1, 0.15) is 13.2 Å². The van der Waals surface area contributed by atoms with Crippen molar-refractivity contribution in [3.8, 4) is 6.07 Å². The van der Waals surface area contributed by atoms with E-state index >= 15 is 0 Å². The number of aromatic nitrogens is 1. The average molecular weight is 205 g/mol. The Kier molecular flexibility index (Phi) is 4.10. The summed E-state index contributed by atoms with van der Waals surface area (Å²) in [6, 6.07) is 5.38. The maximum atomic E-state index is 11.2. The Morgan fingerprint density at radius 2 is 2.27 bits per heavy atom. The maximum Gasteiger partial charge on any atom is 0.410 e. The Labute approximate surface area is 87.9 Å². The van der Waals surface area contributed by atoms with Crippen molar-refractivity contribution in [1.29, 1.82) is 5.26 Å². The fourth-order valence-electron chi connectivity index (χ4n) is 0.905. The van der Waals surface area contributed by atoms with Crippen molar-refractivity contribution in [3.63, 3.8) is 0 Å². The molecular weight excluding hydrogens is 194 g/mol. The SMILES string of the molecule is CN(CC#N)C(=O)OCc1ccncc1. The van der Waals surface area contributed by atoms with Crippen LogP contribution in [0.2, 0.25) is 0 Å². The third-order valence-corrected chi connectivity index (χ3v) is 1.73. The van der Waals surface area contributed by atoms with E-state index in [1.165, 1.54) is 11.9 Å². The first-order valence-corrected chi connectivity index (χ1v) is 4.38. The third kappa shape index (κ3) is 3.65. The Bertz CT molecular complexity index is 359. The van der Waals surface area contributed by atoms with Gasteiger partial charge in [0.2, 0.25) is 0 Å². The lowest BCUT2D eigenvalue weighted by molar-refractivity contribution is 0.108. The molecule has 0 aliphatic carbocycles. The van der Waals surface area contributed by atoms with Gasteiger partial charge in [-0.05, 0) is 17.7 Å². The van der Waals surface area contributed by atoms with Crippen LogP contribution in [-0.2, 0) is 11.3 Å². The smallest absolute Gasteiger partial charge is 0.410 e. The molecule has 0 saturated heterocycles. The van der Waals surface area contributed by atoms with Crippen LogP contribution in [0.3, 0.4) is 0 Å². The Hall–Kier alpha value is -2.09. The molecule has 0 fully saturated rings. The first-order chi connectivity index (χ1) is 7.24. The summed E-state index contributed by atoms with van der Waals surface area (Å²) in [6.45, 7) is 0.215. The molecule has 0 radical (unpaired) electrons. The lowest BCUT2D eigenvalue weighted by atomic mass is 10.3. The fraction of sp³-hybridized carbons (Fsp3) is 0.300. The second kappa shape index (κ2) is 5.60. The summed E-state index contributed by atoms with van der Waals surface area (Å²) in [5.74, 6) is 0. The monoisotopic (exact) mass is 205 g/mol. The minimum absolute atomic E-state index is 0.0230. The van der Waals surface area contributed by atoms with Crippen LogP contribution in [0.15, 0.2) is 24.5 Å². The van der Waals surface area contributed by atoms with E-state index < -0.39 is 6.09 Å². The largest absolute Gasteiger partial charge is 0.445 e. The molecule has 0 aliphatic heterocycles. The number of pyridine rings is 1. The van der Waals surface area contributed by atoms with Crippen molar-refractivity contribution in [2.45, 2.75) is 6.61 Å². The van der Waals surface area contributed by atoms with Gasteiger partial charge >= 0.3 is 6.09 Å². The summed E-state index contributed by atoms with van der Waals surface area (Å²) in [7, 11) is 1.51. The van der Waals surface area contributed by atoms with E-state index in [0.29, 0.717) is 0 Å². The number of ether oxygens (including phenoxy) is 1. The summed E-state index contributed by atoms with van der Waals surface area (Å²) in [4.78, 5) is 16.3. The summed E-state index contributed by atoms with van der Waals surface area (Å²) in [5.41, 5.74) is 0.865. The first-order valence-electron chi connectivity index (χ1n) is 4.38. The number of rotatable bonds is 3. The van der Waals surface area contributed by atoms with E-state index in [4.69, 9.17) is 10.00 Å². The molecule has 0 bridgehead atoms. The van der Waals surface area contributed by atoms with Crippen LogP contribution >= 0.6 is 0 Å². The molecule has 0 saturated carbocycles. The molecule has 1 heterocycles. The van der Waals surface area contributed by atoms with Gasteiger partial charge in [0.05, 0.1) is 6.07 Å². The van der Waals surface area contributed by atoms with Gasteiger partial charge in [-0.2, -0.15) is 5.26 Å². The number of hydrogen-bond acceptors (Lipinski definition) is 4. The summed E-state index contributed by atoms with van der Waals surface area (Å²) in [6.07, 6.45) is 2.75. The lowest BCUT2D eigenvalue weighted by Crippen LogP contribution is -2.27. The first kappa shape index (κ1) is 11.0. The molecule has 1 rings (SSSR count). The van der Waals surface area contributed by atoms with Crippen molar-refractivity contribution >= 4 is 6.09 Å². The van der Waals surface area contributed by atoms with Crippen molar-refractivity contribution in [1.82, 2.24) is 9.88 Å². The third-order valence-electron chi connectivity index (χ3n) is 1.73. The zero-order valence-corrected chi connectivity index (χ0v) is 8.38. The molecule has 0 unspecified atom stereocenters. The van der Waals surface area contributed by atoms with Crippen LogP contribution in [0.25, 0.3) is 0 Å². The summed E-state index contributed by atoms with van der Waals surface area (Å²) < 4.78 is 4.95. The molecule has 0 aromatic carbocycles. The molecule has 1 amide bonds. The molecular formula is C10H11N3O2. The van der Waals surface area contributed by atoms with E-state index in [0.717, 1.165) is 5.56 Å². The van der Waals surface area contributed by atoms with E-state index in [1.54, 1.807) is 24.5 Å². The van der Waals surface area contributed by atoms with Crippen molar-refractivity contribution < 1.29 is 9.53 Å². The van der Waals surface area contributed by atoms with Crippen LogP contribution in [0, 0.1) is 11.3 Å². The fourth-order valence-corrected chi connectivity index (χ4v) is 0.905. The van der Waals surface area contributed by atoms with Gasteiger partial charge in [0.15, 0.2) is 0 Å². The molecule has 0 spiro atoms. The number of carbonyl (C=O) groups excluding carboxylic acids is 1. The molecule has 1 aromatic rings. The molecule has 0 N–H and O–H groups in total. The van der Waals surface area contributed by atoms with Crippen LogP contribution in [0.4, 0.5) is 4.79 Å². The molecule has 5 nitrogen and oxygen atoms in total. The maximum absolute atomic E-state index is 11.2. The predicted molar refractivity (Wildman–Crippen MR) is 52.7 cm³/mol. The normalized spacial score (nSPS) is 9.07. The highest BCUT2D eigenvalue weighted by atomic mass is 16.6. The second-order valence-corrected chi connectivity index (χ2v) is 2.92. The number of carbonyl (C=O) groups is 1. The van der Waals surface area contributed by atoms with E-state index in [9.17, 15) is 4.79 Å². The van der Waals surface area contributed by atoms with Crippen molar-refractivity contribution in [2.24, 2.45) is 0 Å². The van der Waals surface area contributed by atoms with Gasteiger partial charge < -0.3 is 4.74 Å². The molecule has 78 valence electrons. The highest BCUT2D eigenvalue weighted by Crippen LogP contribution is 2.00. The molecule has 0 atom stereocenters. The minimum atomic E-state index is -0.506. The number of amides is 1. The van der Waals surface area contributed by atoms with Gasteiger partial charge in [-0.25, -0.2) is 4.79 Å². The molecule has 5 heteroatoms. The minimum Gasteiger partial charge on any atom is -0.445 e. The van der Waals surface area contributed by atoms with Gasteiger partial charge in [0, 0.05) is 19.4 Å². The van der Waals surface area contributed by atoms with E-state index in [1.807, 2.05) is 6.07 Å². The predicted octanol–water partition coefficient (Wildman–Crippen LogP) is 1.17. The summed E-state index contributed by atoms with van der Waals surface area (Å²) >= 11 is 0. The van der Waals surface area contributed by atoms with Crippen molar-refractivity contribution in [2.75, 3.05) is 13.6 Å². The molecule has 0 aliphatic rings. The van der Waals surface area contributed by atoms with Crippen LogP contribution in [0.5, 0.6) is 0 Å². The van der Waals surface area contributed by atoms with Crippen molar-refractivity contribution in [3.05, 3.63) is 30.1 Å². The number of hydrogen-bond donors (Lipinski definition) is 0. The van der Waals surface area contributed by atoms with Crippen LogP contribution < -0.4 is 0 Å². The van der Waals surface area contributed by atoms with Gasteiger partial charge in [-0.1, -0.05) is 0 Å². The van der Waals surface area contributed by atoms with E-state index in [-0.39, 0.29) is 13.2 Å². The Morgan fingerprint density at radius 3 is 2.87 bits per heavy atom. The number of nitriles is 1. The topological polar surface area (TPSA) is 66.2 Å². The average Bonchev–Trinajstić information content (AvgIpc) is 2.27. The van der Waals surface area contributed by atoms with Crippen LogP contribution in [0.1, 0.15) is 5.56 Å². The quantitative estimate of drug-likeness (QED) is 0.695. The Morgan fingerprint density at radius 1 is 1.60 bits per heavy atom. The Balaban J connectivity index is 2.38. The lowest BCUT2D eigenvalue weighted by Gasteiger charge is -2.12.